The Balaban J connectivity index is 1.88. The lowest BCUT2D eigenvalue weighted by molar-refractivity contribution is 0.0955. The van der Waals surface area contributed by atoms with Crippen LogP contribution in [0.3, 0.4) is 0 Å². The van der Waals surface area contributed by atoms with Crippen molar-refractivity contribution >= 4 is 11.7 Å². The van der Waals surface area contributed by atoms with Crippen LogP contribution in [0.4, 0.5) is 10.2 Å². The van der Waals surface area contributed by atoms with Crippen LogP contribution in [0.25, 0.3) is 0 Å². The molecule has 4 N–H and O–H groups in total. The molecule has 0 aliphatic rings. The fraction of sp³-hybridized carbons (Fsp3) is 0.167. The molecule has 2 rings (SSSR count). The lowest BCUT2D eigenvalue weighted by Gasteiger charge is -2.05. The van der Waals surface area contributed by atoms with Crippen LogP contribution < -0.4 is 11.1 Å². The number of nitrogens with zero attached hydrogens (tertiary/aromatic N) is 1. The van der Waals surface area contributed by atoms with Crippen molar-refractivity contribution in [3.05, 3.63) is 47.4 Å². The van der Waals surface area contributed by atoms with Crippen molar-refractivity contribution in [2.24, 2.45) is 0 Å². The minimum atomic E-state index is -0.322. The normalized spacial score (nSPS) is 10.3. The number of hydrogen-bond donors (Lipinski definition) is 3. The first kappa shape index (κ1) is 12.1. The molecule has 0 saturated carbocycles. The Kier molecular flexibility index (Phi) is 3.57. The summed E-state index contributed by atoms with van der Waals surface area (Å²) in [6, 6.07) is 6.47. The molecule has 0 saturated heterocycles. The summed E-state index contributed by atoms with van der Waals surface area (Å²) in [4.78, 5) is 11.7. The summed E-state index contributed by atoms with van der Waals surface area (Å²) in [7, 11) is 0. The van der Waals surface area contributed by atoms with E-state index in [1.54, 1.807) is 18.2 Å². The van der Waals surface area contributed by atoms with Crippen molar-refractivity contribution in [1.82, 2.24) is 15.5 Å². The largest absolute Gasteiger partial charge is 0.383 e. The molecule has 0 atom stereocenters. The van der Waals surface area contributed by atoms with E-state index < -0.39 is 0 Å². The van der Waals surface area contributed by atoms with Crippen molar-refractivity contribution in [3.8, 4) is 0 Å². The van der Waals surface area contributed by atoms with E-state index in [-0.39, 0.29) is 17.5 Å². The van der Waals surface area contributed by atoms with Gasteiger partial charge in [-0.25, -0.2) is 4.39 Å². The van der Waals surface area contributed by atoms with Gasteiger partial charge in [0.1, 0.15) is 17.2 Å². The van der Waals surface area contributed by atoms with Gasteiger partial charge >= 0.3 is 0 Å². The third-order valence-electron chi connectivity index (χ3n) is 2.55. The van der Waals surface area contributed by atoms with Crippen LogP contribution in [-0.4, -0.2) is 22.6 Å². The first-order valence-electron chi connectivity index (χ1n) is 5.49. The third-order valence-corrected chi connectivity index (χ3v) is 2.55. The predicted molar refractivity (Wildman–Crippen MR) is 65.4 cm³/mol. The van der Waals surface area contributed by atoms with Crippen molar-refractivity contribution in [2.45, 2.75) is 6.42 Å². The molecule has 94 valence electrons. The van der Waals surface area contributed by atoms with Crippen LogP contribution in [0.15, 0.2) is 30.5 Å². The number of carbonyl (C=O) groups excluding carboxylic acids is 1. The smallest absolute Gasteiger partial charge is 0.256 e. The van der Waals surface area contributed by atoms with Gasteiger partial charge in [0.05, 0.1) is 6.20 Å². The number of aromatic nitrogens is 2. The Morgan fingerprint density at radius 3 is 2.89 bits per heavy atom. The van der Waals surface area contributed by atoms with Crippen LogP contribution in [0.1, 0.15) is 15.9 Å². The van der Waals surface area contributed by atoms with Gasteiger partial charge in [0.25, 0.3) is 5.91 Å². The van der Waals surface area contributed by atoms with Crippen molar-refractivity contribution in [2.75, 3.05) is 12.3 Å². The highest BCUT2D eigenvalue weighted by Gasteiger charge is 2.10. The fourth-order valence-corrected chi connectivity index (χ4v) is 1.58. The lowest BCUT2D eigenvalue weighted by atomic mass is 10.1. The molecular formula is C12H13FN4O. The Hall–Kier alpha value is -2.37. The van der Waals surface area contributed by atoms with Crippen LogP contribution in [0, 0.1) is 5.82 Å². The number of anilines is 1. The molecule has 6 heteroatoms. The first-order chi connectivity index (χ1) is 8.68. The zero-order valence-electron chi connectivity index (χ0n) is 9.61. The SMILES string of the molecule is Nc1[nH]ncc1C(=O)NCCc1ccccc1F. The van der Waals surface area contributed by atoms with E-state index in [1.807, 2.05) is 0 Å². The zero-order chi connectivity index (χ0) is 13.0. The highest BCUT2D eigenvalue weighted by molar-refractivity contribution is 5.98. The van der Waals surface area contributed by atoms with E-state index in [9.17, 15) is 9.18 Å². The summed E-state index contributed by atoms with van der Waals surface area (Å²) in [5.41, 5.74) is 6.37. The molecule has 0 radical (unpaired) electrons. The van der Waals surface area contributed by atoms with Gasteiger partial charge in [-0.15, -0.1) is 0 Å². The van der Waals surface area contributed by atoms with Crippen molar-refractivity contribution in [1.29, 1.82) is 0 Å². The number of hydrogen-bond acceptors (Lipinski definition) is 3. The second-order valence-electron chi connectivity index (χ2n) is 3.79. The monoisotopic (exact) mass is 248 g/mol. The third kappa shape index (κ3) is 2.65. The average molecular weight is 248 g/mol. The Labute approximate surface area is 103 Å². The van der Waals surface area contributed by atoms with Gasteiger partial charge in [-0.2, -0.15) is 5.10 Å². The number of H-pyrrole nitrogens is 1. The van der Waals surface area contributed by atoms with Crippen LogP contribution in [0.2, 0.25) is 0 Å². The zero-order valence-corrected chi connectivity index (χ0v) is 9.61. The van der Waals surface area contributed by atoms with E-state index in [0.29, 0.717) is 24.1 Å². The van der Waals surface area contributed by atoms with E-state index in [1.165, 1.54) is 12.3 Å². The van der Waals surface area contributed by atoms with Gasteiger partial charge in [0, 0.05) is 6.54 Å². The number of amides is 1. The molecule has 18 heavy (non-hydrogen) atoms. The lowest BCUT2D eigenvalue weighted by Crippen LogP contribution is -2.26. The minimum absolute atomic E-state index is 0.221. The average Bonchev–Trinajstić information content (AvgIpc) is 2.78. The molecular weight excluding hydrogens is 235 g/mol. The maximum atomic E-state index is 13.3. The number of rotatable bonds is 4. The first-order valence-corrected chi connectivity index (χ1v) is 5.49. The molecule has 0 fully saturated rings. The summed E-state index contributed by atoms with van der Waals surface area (Å²) < 4.78 is 13.3. The van der Waals surface area contributed by atoms with E-state index in [4.69, 9.17) is 5.73 Å². The summed E-state index contributed by atoms with van der Waals surface area (Å²) in [5.74, 6) is -0.370. The van der Waals surface area contributed by atoms with Crippen LogP contribution in [0.5, 0.6) is 0 Å². The molecule has 5 nitrogen and oxygen atoms in total. The molecule has 1 amide bonds. The van der Waals surface area contributed by atoms with Crippen LogP contribution >= 0.6 is 0 Å². The highest BCUT2D eigenvalue weighted by Crippen LogP contribution is 2.07. The molecule has 0 unspecified atom stereocenters. The van der Waals surface area contributed by atoms with Crippen molar-refractivity contribution in [3.63, 3.8) is 0 Å². The van der Waals surface area contributed by atoms with Crippen LogP contribution in [-0.2, 0) is 6.42 Å². The Bertz CT molecular complexity index is 553. The van der Waals surface area contributed by atoms with E-state index in [0.717, 1.165) is 0 Å². The fourth-order valence-electron chi connectivity index (χ4n) is 1.58. The van der Waals surface area contributed by atoms with Gasteiger partial charge < -0.3 is 11.1 Å². The summed E-state index contributed by atoms with van der Waals surface area (Å²) in [6.45, 7) is 0.338. The Morgan fingerprint density at radius 2 is 2.22 bits per heavy atom. The molecule has 1 aromatic carbocycles. The van der Waals surface area contributed by atoms with Gasteiger partial charge in [0.15, 0.2) is 0 Å². The predicted octanol–water partition coefficient (Wildman–Crippen LogP) is 1.10. The van der Waals surface area contributed by atoms with Gasteiger partial charge in [-0.3, -0.25) is 9.89 Å². The maximum absolute atomic E-state index is 13.3. The minimum Gasteiger partial charge on any atom is -0.383 e. The standard InChI is InChI=1S/C12H13FN4O/c13-10-4-2-1-3-8(10)5-6-15-12(18)9-7-16-17-11(9)14/h1-4,7H,5-6H2,(H,15,18)(H3,14,16,17). The molecule has 0 aliphatic heterocycles. The highest BCUT2D eigenvalue weighted by atomic mass is 19.1. The van der Waals surface area contributed by atoms with Gasteiger partial charge in [0.2, 0.25) is 0 Å². The maximum Gasteiger partial charge on any atom is 0.256 e. The second-order valence-corrected chi connectivity index (χ2v) is 3.79. The topological polar surface area (TPSA) is 83.8 Å². The molecule has 1 heterocycles. The number of carbonyl (C=O) groups is 1. The van der Waals surface area contributed by atoms with Crippen molar-refractivity contribution < 1.29 is 9.18 Å². The molecule has 1 aromatic heterocycles. The summed E-state index contributed by atoms with van der Waals surface area (Å²) in [6.07, 6.45) is 1.78. The van der Waals surface area contributed by atoms with E-state index >= 15 is 0 Å². The van der Waals surface area contributed by atoms with Gasteiger partial charge in [-0.1, -0.05) is 18.2 Å². The number of nitrogens with one attached hydrogen (secondary N) is 2. The number of halogens is 1. The number of aromatic amines is 1. The number of nitrogens with two attached hydrogens (primary N) is 1. The second kappa shape index (κ2) is 5.31. The van der Waals surface area contributed by atoms with E-state index in [2.05, 4.69) is 15.5 Å². The number of benzene rings is 1. The molecule has 0 aliphatic carbocycles. The molecule has 2 aromatic rings. The summed E-state index contributed by atoms with van der Waals surface area (Å²) >= 11 is 0. The van der Waals surface area contributed by atoms with Gasteiger partial charge in [-0.05, 0) is 18.1 Å². The number of nitrogen functional groups attached to an aromatic ring is 1. The summed E-state index contributed by atoms with van der Waals surface area (Å²) in [5, 5.41) is 8.78. The Morgan fingerprint density at radius 1 is 1.44 bits per heavy atom. The molecule has 0 spiro atoms. The molecule has 0 bridgehead atoms. The quantitative estimate of drug-likeness (QED) is 0.757.